The van der Waals surface area contributed by atoms with Crippen LogP contribution in [0.3, 0.4) is 0 Å². The van der Waals surface area contributed by atoms with Crippen molar-refractivity contribution < 1.29 is 9.18 Å². The van der Waals surface area contributed by atoms with Crippen molar-refractivity contribution in [2.75, 3.05) is 0 Å². The first kappa shape index (κ1) is 23.3. The number of carbonyl (C=O) groups is 1. The molecule has 37 heavy (non-hydrogen) atoms. The lowest BCUT2D eigenvalue weighted by Gasteiger charge is -2.29. The van der Waals surface area contributed by atoms with E-state index in [1.807, 2.05) is 29.1 Å². The van der Waals surface area contributed by atoms with E-state index in [0.717, 1.165) is 37.1 Å². The molecule has 0 fully saturated rings. The van der Waals surface area contributed by atoms with Crippen LogP contribution in [0, 0.1) is 11.7 Å². The molecular weight excluding hydrogens is 465 g/mol. The van der Waals surface area contributed by atoms with Gasteiger partial charge in [0, 0.05) is 42.1 Å². The minimum atomic E-state index is -0.250. The van der Waals surface area contributed by atoms with Crippen LogP contribution >= 0.6 is 0 Å². The summed E-state index contributed by atoms with van der Waals surface area (Å²) in [6.07, 6.45) is 10.7. The van der Waals surface area contributed by atoms with E-state index in [4.69, 9.17) is 0 Å². The molecule has 7 heteroatoms. The van der Waals surface area contributed by atoms with E-state index in [2.05, 4.69) is 27.3 Å². The minimum Gasteiger partial charge on any atom is -0.344 e. The van der Waals surface area contributed by atoms with Gasteiger partial charge in [-0.2, -0.15) is 5.10 Å². The number of amides is 1. The third-order valence-electron chi connectivity index (χ3n) is 7.74. The van der Waals surface area contributed by atoms with Crippen molar-refractivity contribution in [3.8, 4) is 5.69 Å². The number of hydrogen-bond acceptors (Lipinski definition) is 4. The number of hydrogen-bond donors (Lipinski definition) is 1. The van der Waals surface area contributed by atoms with Gasteiger partial charge in [-0.1, -0.05) is 24.1 Å². The summed E-state index contributed by atoms with van der Waals surface area (Å²) in [5, 5.41) is 7.91. The van der Waals surface area contributed by atoms with Gasteiger partial charge in [0.25, 0.3) is 5.91 Å². The van der Waals surface area contributed by atoms with Gasteiger partial charge in [0.2, 0.25) is 0 Å². The van der Waals surface area contributed by atoms with Crippen molar-refractivity contribution in [2.45, 2.75) is 44.6 Å². The topological polar surface area (TPSA) is 72.7 Å². The summed E-state index contributed by atoms with van der Waals surface area (Å²) in [7, 11) is 0. The van der Waals surface area contributed by atoms with Gasteiger partial charge in [0.05, 0.1) is 29.3 Å². The number of rotatable bonds is 6. The second-order valence-corrected chi connectivity index (χ2v) is 9.88. The zero-order valence-electron chi connectivity index (χ0n) is 20.6. The number of fused-ring (bicyclic) bond motifs is 1. The first-order chi connectivity index (χ1) is 18.1. The van der Waals surface area contributed by atoms with Crippen LogP contribution in [0.2, 0.25) is 0 Å². The molecule has 186 valence electrons. The molecule has 0 bridgehead atoms. The molecule has 4 aromatic rings. The first-order valence-corrected chi connectivity index (χ1v) is 12.7. The highest BCUT2D eigenvalue weighted by Crippen LogP contribution is 2.49. The van der Waals surface area contributed by atoms with Crippen LogP contribution < -0.4 is 5.32 Å². The summed E-state index contributed by atoms with van der Waals surface area (Å²) in [6, 6.07) is 15.6. The maximum atomic E-state index is 13.5. The smallest absolute Gasteiger partial charge is 0.251 e. The number of allylic oxidation sites excluding steroid dienone is 2. The van der Waals surface area contributed by atoms with Crippen LogP contribution in [0.5, 0.6) is 0 Å². The highest BCUT2D eigenvalue weighted by molar-refractivity contribution is 5.94. The lowest BCUT2D eigenvalue weighted by atomic mass is 9.78. The molecular formula is C30H28FN5O. The van der Waals surface area contributed by atoms with Gasteiger partial charge < -0.3 is 5.32 Å². The fourth-order valence-corrected chi connectivity index (χ4v) is 6.00. The SMILES string of the molecule is C[C@@H]1C2=C(CC[C@@H]2CC(NC(=O)c2ccncc2)c2ccccn2)Cc2c1cnn2-c1ccc(F)cc1. The van der Waals surface area contributed by atoms with Crippen molar-refractivity contribution in [1.82, 2.24) is 25.1 Å². The summed E-state index contributed by atoms with van der Waals surface area (Å²) in [5.74, 6) is 0.211. The minimum absolute atomic E-state index is 0.121. The average molecular weight is 494 g/mol. The summed E-state index contributed by atoms with van der Waals surface area (Å²) >= 11 is 0. The molecule has 0 radical (unpaired) electrons. The Balaban J connectivity index is 1.27. The second kappa shape index (κ2) is 9.73. The standard InChI is InChI=1S/C30H28FN5O/c1-19-25-18-34-36(24-9-7-23(31)8-10-24)28(25)17-22-6-5-21(29(19)22)16-27(26-4-2-3-13-33-26)35-30(37)20-11-14-32-15-12-20/h2-4,7-15,18-19,21,27H,5-6,16-17H2,1H3,(H,35,37)/t19-,21+,27?/m0/s1. The Morgan fingerprint density at radius 1 is 1.11 bits per heavy atom. The number of nitrogens with one attached hydrogen (secondary N) is 1. The van der Waals surface area contributed by atoms with Crippen molar-refractivity contribution in [1.29, 1.82) is 0 Å². The van der Waals surface area contributed by atoms with E-state index in [1.54, 1.807) is 42.9 Å². The quantitative estimate of drug-likeness (QED) is 0.348. The Labute approximate surface area is 215 Å². The van der Waals surface area contributed by atoms with E-state index in [9.17, 15) is 9.18 Å². The molecule has 2 aliphatic rings. The lowest BCUT2D eigenvalue weighted by Crippen LogP contribution is -2.31. The Kier molecular flexibility index (Phi) is 6.12. The Bertz CT molecular complexity index is 1450. The summed E-state index contributed by atoms with van der Waals surface area (Å²) in [4.78, 5) is 21.7. The van der Waals surface area contributed by atoms with Crippen molar-refractivity contribution >= 4 is 5.91 Å². The van der Waals surface area contributed by atoms with Crippen molar-refractivity contribution in [3.05, 3.63) is 119 Å². The molecule has 0 saturated heterocycles. The summed E-state index contributed by atoms with van der Waals surface area (Å²) in [5.41, 5.74) is 7.69. The third kappa shape index (κ3) is 4.46. The predicted octanol–water partition coefficient (Wildman–Crippen LogP) is 5.73. The molecule has 0 aliphatic heterocycles. The molecule has 3 heterocycles. The molecule has 1 aromatic carbocycles. The maximum Gasteiger partial charge on any atom is 0.251 e. The monoisotopic (exact) mass is 493 g/mol. The van der Waals surface area contributed by atoms with Crippen LogP contribution in [0.1, 0.15) is 65.5 Å². The van der Waals surface area contributed by atoms with Gasteiger partial charge >= 0.3 is 0 Å². The van der Waals surface area contributed by atoms with Gasteiger partial charge in [-0.15, -0.1) is 0 Å². The molecule has 6 rings (SSSR count). The lowest BCUT2D eigenvalue weighted by molar-refractivity contribution is 0.0930. The number of pyridine rings is 2. The summed E-state index contributed by atoms with van der Waals surface area (Å²) in [6.45, 7) is 2.26. The Morgan fingerprint density at radius 2 is 1.92 bits per heavy atom. The van der Waals surface area contributed by atoms with Gasteiger partial charge in [-0.3, -0.25) is 14.8 Å². The fraction of sp³-hybridized carbons (Fsp3) is 0.267. The molecule has 3 aromatic heterocycles. The molecule has 1 amide bonds. The van der Waals surface area contributed by atoms with Crippen LogP contribution in [0.4, 0.5) is 4.39 Å². The van der Waals surface area contributed by atoms with Crippen LogP contribution in [0.15, 0.2) is 90.5 Å². The first-order valence-electron chi connectivity index (χ1n) is 12.7. The molecule has 3 atom stereocenters. The van der Waals surface area contributed by atoms with Gasteiger partial charge in [0.15, 0.2) is 0 Å². The largest absolute Gasteiger partial charge is 0.344 e. The van der Waals surface area contributed by atoms with E-state index in [-0.39, 0.29) is 23.7 Å². The van der Waals surface area contributed by atoms with Gasteiger partial charge in [-0.05, 0) is 73.7 Å². The molecule has 0 saturated carbocycles. The highest BCUT2D eigenvalue weighted by atomic mass is 19.1. The number of aromatic nitrogens is 4. The zero-order valence-corrected chi connectivity index (χ0v) is 20.6. The van der Waals surface area contributed by atoms with Crippen molar-refractivity contribution in [3.63, 3.8) is 0 Å². The third-order valence-corrected chi connectivity index (χ3v) is 7.74. The van der Waals surface area contributed by atoms with E-state index in [0.29, 0.717) is 11.5 Å². The fourth-order valence-electron chi connectivity index (χ4n) is 6.00. The van der Waals surface area contributed by atoms with E-state index >= 15 is 0 Å². The summed E-state index contributed by atoms with van der Waals surface area (Å²) < 4.78 is 15.4. The molecule has 2 aliphatic carbocycles. The number of benzene rings is 1. The van der Waals surface area contributed by atoms with Crippen LogP contribution in [-0.4, -0.2) is 25.7 Å². The molecule has 1 N–H and O–H groups in total. The number of halogens is 1. The van der Waals surface area contributed by atoms with Gasteiger partial charge in [-0.25, -0.2) is 9.07 Å². The predicted molar refractivity (Wildman–Crippen MR) is 139 cm³/mol. The highest BCUT2D eigenvalue weighted by Gasteiger charge is 2.37. The van der Waals surface area contributed by atoms with E-state index in [1.165, 1.54) is 34.5 Å². The zero-order chi connectivity index (χ0) is 25.4. The molecule has 6 nitrogen and oxygen atoms in total. The Hall–Kier alpha value is -4.13. The normalized spacial score (nSPS) is 19.3. The molecule has 1 unspecified atom stereocenters. The van der Waals surface area contributed by atoms with Crippen molar-refractivity contribution in [2.24, 2.45) is 5.92 Å². The molecule has 0 spiro atoms. The average Bonchev–Trinajstić information content (AvgIpc) is 3.55. The maximum absolute atomic E-state index is 13.5. The number of carbonyl (C=O) groups excluding carboxylic acids is 1. The van der Waals surface area contributed by atoms with Crippen LogP contribution in [-0.2, 0) is 6.42 Å². The van der Waals surface area contributed by atoms with Gasteiger partial charge in [0.1, 0.15) is 5.82 Å². The second-order valence-electron chi connectivity index (χ2n) is 9.88. The van der Waals surface area contributed by atoms with E-state index < -0.39 is 0 Å². The Morgan fingerprint density at radius 3 is 2.68 bits per heavy atom. The van der Waals surface area contributed by atoms with Crippen LogP contribution in [0.25, 0.3) is 5.69 Å². The number of nitrogens with zero attached hydrogens (tertiary/aromatic N) is 4.